The zero-order valence-electron chi connectivity index (χ0n) is 7.93. The summed E-state index contributed by atoms with van der Waals surface area (Å²) < 4.78 is 23.3. The summed E-state index contributed by atoms with van der Waals surface area (Å²) in [4.78, 5) is 0. The fourth-order valence-electron chi connectivity index (χ4n) is 1.76. The van der Waals surface area contributed by atoms with Crippen molar-refractivity contribution in [3.63, 3.8) is 0 Å². The molecular weight excluding hydrogens is 218 g/mol. The Labute approximate surface area is 88.1 Å². The van der Waals surface area contributed by atoms with Crippen LogP contribution in [0.1, 0.15) is 18.5 Å². The average molecular weight is 231 g/mol. The summed E-state index contributed by atoms with van der Waals surface area (Å²) in [6, 6.07) is 1.96. The quantitative estimate of drug-likeness (QED) is 0.790. The van der Waals surface area contributed by atoms with E-state index in [1.165, 1.54) is 0 Å². The molecule has 3 nitrogen and oxygen atoms in total. The van der Waals surface area contributed by atoms with Crippen LogP contribution in [0.5, 0.6) is 0 Å². The molecule has 1 aromatic heterocycles. The largest absolute Gasteiger partial charge is 0.308 e. The van der Waals surface area contributed by atoms with Crippen molar-refractivity contribution in [2.75, 3.05) is 12.3 Å². The summed E-state index contributed by atoms with van der Waals surface area (Å²) in [5.74, 6) is 0.259. The van der Waals surface area contributed by atoms with Gasteiger partial charge in [0, 0.05) is 12.6 Å². The van der Waals surface area contributed by atoms with Crippen LogP contribution in [-0.4, -0.2) is 26.0 Å². The summed E-state index contributed by atoms with van der Waals surface area (Å²) in [6.45, 7) is 2.34. The van der Waals surface area contributed by atoms with Gasteiger partial charge >= 0.3 is 0 Å². The predicted octanol–water partition coefficient (Wildman–Crippen LogP) is 1.20. The van der Waals surface area contributed by atoms with Gasteiger partial charge in [0.1, 0.15) is 0 Å². The van der Waals surface area contributed by atoms with Gasteiger partial charge in [-0.3, -0.25) is 0 Å². The molecule has 1 saturated heterocycles. The fourth-order valence-corrected chi connectivity index (χ4v) is 3.90. The first-order valence-corrected chi connectivity index (χ1v) is 7.24. The first-order chi connectivity index (χ1) is 6.61. The number of nitrogens with one attached hydrogen (secondary N) is 1. The van der Waals surface area contributed by atoms with Crippen LogP contribution < -0.4 is 5.32 Å². The number of hydrogen-bond acceptors (Lipinski definition) is 4. The molecule has 5 heteroatoms. The Morgan fingerprint density at radius 1 is 1.57 bits per heavy atom. The Hall–Kier alpha value is -0.390. The molecule has 0 aliphatic carbocycles. The minimum Gasteiger partial charge on any atom is -0.308 e. The second-order valence-electron chi connectivity index (χ2n) is 3.56. The van der Waals surface area contributed by atoms with E-state index >= 15 is 0 Å². The third-order valence-electron chi connectivity index (χ3n) is 2.69. The van der Waals surface area contributed by atoms with E-state index in [1.54, 1.807) is 18.3 Å². The van der Waals surface area contributed by atoms with Gasteiger partial charge in [0.05, 0.1) is 11.0 Å². The molecule has 2 heterocycles. The maximum Gasteiger partial charge on any atom is 0.156 e. The normalized spacial score (nSPS) is 31.5. The molecule has 2 unspecified atom stereocenters. The van der Waals surface area contributed by atoms with E-state index in [0.717, 1.165) is 5.56 Å². The fraction of sp³-hybridized carbons (Fsp3) is 0.556. The van der Waals surface area contributed by atoms with E-state index < -0.39 is 9.84 Å². The summed E-state index contributed by atoms with van der Waals surface area (Å²) in [7, 11) is -2.89. The van der Waals surface area contributed by atoms with Crippen LogP contribution in [0.4, 0.5) is 0 Å². The van der Waals surface area contributed by atoms with Crippen molar-refractivity contribution in [3.05, 3.63) is 22.4 Å². The highest BCUT2D eigenvalue weighted by Crippen LogP contribution is 2.26. The van der Waals surface area contributed by atoms with Crippen molar-refractivity contribution < 1.29 is 8.42 Å². The average Bonchev–Trinajstić information content (AvgIpc) is 2.62. The van der Waals surface area contributed by atoms with E-state index in [1.807, 2.05) is 16.8 Å². The van der Waals surface area contributed by atoms with Crippen LogP contribution in [0.2, 0.25) is 0 Å². The van der Waals surface area contributed by atoms with Gasteiger partial charge in [0.25, 0.3) is 0 Å². The molecule has 14 heavy (non-hydrogen) atoms. The molecule has 0 radical (unpaired) electrons. The number of thiophene rings is 1. The molecule has 0 amide bonds. The molecule has 1 aliphatic rings. The van der Waals surface area contributed by atoms with Gasteiger partial charge < -0.3 is 5.32 Å². The van der Waals surface area contributed by atoms with Crippen molar-refractivity contribution in [2.24, 2.45) is 0 Å². The Bertz CT molecular complexity index is 396. The maximum absolute atomic E-state index is 11.7. The first kappa shape index (κ1) is 10.1. The molecule has 0 saturated carbocycles. The molecule has 0 bridgehead atoms. The highest BCUT2D eigenvalue weighted by molar-refractivity contribution is 7.92. The number of sulfone groups is 1. The van der Waals surface area contributed by atoms with Gasteiger partial charge in [-0.05, 0) is 29.3 Å². The van der Waals surface area contributed by atoms with Crippen LogP contribution in [-0.2, 0) is 9.84 Å². The van der Waals surface area contributed by atoms with E-state index in [2.05, 4.69) is 5.32 Å². The lowest BCUT2D eigenvalue weighted by atomic mass is 10.1. The van der Waals surface area contributed by atoms with E-state index in [0.29, 0.717) is 6.54 Å². The van der Waals surface area contributed by atoms with Gasteiger partial charge in [-0.15, -0.1) is 0 Å². The SMILES string of the molecule is CC1C(c2ccsc2)NCCS1(=O)=O. The van der Waals surface area contributed by atoms with E-state index in [9.17, 15) is 8.42 Å². The van der Waals surface area contributed by atoms with Crippen LogP contribution in [0, 0.1) is 0 Å². The molecular formula is C9H13NO2S2. The molecule has 1 aliphatic heterocycles. The minimum atomic E-state index is -2.89. The molecule has 78 valence electrons. The van der Waals surface area contributed by atoms with Crippen molar-refractivity contribution in [1.29, 1.82) is 0 Å². The zero-order chi connectivity index (χ0) is 10.2. The Morgan fingerprint density at radius 2 is 2.36 bits per heavy atom. The lowest BCUT2D eigenvalue weighted by Crippen LogP contribution is -2.44. The van der Waals surface area contributed by atoms with Gasteiger partial charge in [0.15, 0.2) is 9.84 Å². The highest BCUT2D eigenvalue weighted by Gasteiger charge is 2.34. The second kappa shape index (κ2) is 3.64. The maximum atomic E-state index is 11.7. The predicted molar refractivity (Wildman–Crippen MR) is 58.3 cm³/mol. The third kappa shape index (κ3) is 1.71. The molecule has 1 aromatic rings. The zero-order valence-corrected chi connectivity index (χ0v) is 9.57. The van der Waals surface area contributed by atoms with Crippen LogP contribution in [0.25, 0.3) is 0 Å². The van der Waals surface area contributed by atoms with E-state index in [-0.39, 0.29) is 17.0 Å². The van der Waals surface area contributed by atoms with Crippen molar-refractivity contribution in [3.8, 4) is 0 Å². The number of rotatable bonds is 1. The Kier molecular flexibility index (Phi) is 2.64. The van der Waals surface area contributed by atoms with Crippen molar-refractivity contribution in [2.45, 2.75) is 18.2 Å². The van der Waals surface area contributed by atoms with Gasteiger partial charge in [-0.1, -0.05) is 0 Å². The highest BCUT2D eigenvalue weighted by atomic mass is 32.2. The molecule has 2 rings (SSSR count). The number of hydrogen-bond donors (Lipinski definition) is 1. The molecule has 1 N–H and O–H groups in total. The third-order valence-corrected chi connectivity index (χ3v) is 5.57. The summed E-state index contributed by atoms with van der Waals surface area (Å²) >= 11 is 1.60. The summed E-state index contributed by atoms with van der Waals surface area (Å²) in [5, 5.41) is 6.93. The monoisotopic (exact) mass is 231 g/mol. The summed E-state index contributed by atoms with van der Waals surface area (Å²) in [5.41, 5.74) is 1.09. The van der Waals surface area contributed by atoms with Crippen molar-refractivity contribution in [1.82, 2.24) is 5.32 Å². The second-order valence-corrected chi connectivity index (χ2v) is 6.82. The summed E-state index contributed by atoms with van der Waals surface area (Å²) in [6.07, 6.45) is 0. The molecule has 0 spiro atoms. The molecule has 0 aromatic carbocycles. The molecule has 1 fully saturated rings. The lowest BCUT2D eigenvalue weighted by Gasteiger charge is -2.29. The lowest BCUT2D eigenvalue weighted by molar-refractivity contribution is 0.484. The minimum absolute atomic E-state index is 0.0278. The van der Waals surface area contributed by atoms with Crippen LogP contribution >= 0.6 is 11.3 Å². The van der Waals surface area contributed by atoms with Crippen molar-refractivity contribution >= 4 is 21.2 Å². The Balaban J connectivity index is 2.29. The van der Waals surface area contributed by atoms with Crippen LogP contribution in [0.15, 0.2) is 16.8 Å². The van der Waals surface area contributed by atoms with Gasteiger partial charge in [0.2, 0.25) is 0 Å². The smallest absolute Gasteiger partial charge is 0.156 e. The standard InChI is InChI=1S/C9H13NO2S2/c1-7-9(8-2-4-13-6-8)10-3-5-14(7,11)12/h2,4,6-7,9-10H,3,5H2,1H3. The van der Waals surface area contributed by atoms with Gasteiger partial charge in [-0.25, -0.2) is 8.42 Å². The topological polar surface area (TPSA) is 46.2 Å². The van der Waals surface area contributed by atoms with Gasteiger partial charge in [-0.2, -0.15) is 11.3 Å². The van der Waals surface area contributed by atoms with E-state index in [4.69, 9.17) is 0 Å². The molecule has 2 atom stereocenters. The van der Waals surface area contributed by atoms with Crippen LogP contribution in [0.3, 0.4) is 0 Å². The first-order valence-electron chi connectivity index (χ1n) is 4.58. The Morgan fingerprint density at radius 3 is 3.00 bits per heavy atom.